The number of rotatable bonds is 0. The van der Waals surface area contributed by atoms with E-state index in [-0.39, 0.29) is 0 Å². The lowest BCUT2D eigenvalue weighted by Gasteiger charge is -1.92. The Labute approximate surface area is 71.9 Å². The van der Waals surface area contributed by atoms with Crippen LogP contribution in [-0.4, -0.2) is 0 Å². The van der Waals surface area contributed by atoms with Gasteiger partial charge < -0.3 is 0 Å². The highest BCUT2D eigenvalue weighted by molar-refractivity contribution is 9.10. The smallest absolute Gasteiger partial charge is 0.0432 e. The van der Waals surface area contributed by atoms with Crippen LogP contribution in [0, 0.1) is 0 Å². The number of hydrogen-bond acceptors (Lipinski definition) is 0. The molecule has 0 aliphatic heterocycles. The first-order valence-corrected chi connectivity index (χ1v) is 3.85. The van der Waals surface area contributed by atoms with E-state index < -0.39 is 0 Å². The molecule has 0 atom stereocenters. The molecule has 48 valence electrons. The van der Waals surface area contributed by atoms with Gasteiger partial charge in [0.25, 0.3) is 0 Å². The van der Waals surface area contributed by atoms with Crippen molar-refractivity contribution in [1.82, 2.24) is 0 Å². The van der Waals surface area contributed by atoms with Crippen LogP contribution in [0.5, 0.6) is 0 Å². The first kappa shape index (κ1) is 7.39. The monoisotopic (exact) mass is 230 g/mol. The summed E-state index contributed by atoms with van der Waals surface area (Å²) >= 11 is 14.5. The van der Waals surface area contributed by atoms with E-state index in [9.17, 15) is 0 Å². The Balaban J connectivity index is 3.17. The summed E-state index contributed by atoms with van der Waals surface area (Å²) in [6, 6.07) is 5.26. The average molecular weight is 232 g/mol. The Morgan fingerprint density at radius 2 is 1.44 bits per heavy atom. The lowest BCUT2D eigenvalue weighted by molar-refractivity contribution is 1.65. The highest BCUT2D eigenvalue weighted by Crippen LogP contribution is 2.22. The van der Waals surface area contributed by atoms with E-state index in [1.165, 1.54) is 0 Å². The minimum atomic E-state index is 0.648. The number of hydrogen-bond donors (Lipinski definition) is 0. The van der Waals surface area contributed by atoms with Gasteiger partial charge in [0, 0.05) is 14.5 Å². The van der Waals surface area contributed by atoms with E-state index in [4.69, 9.17) is 23.2 Å². The van der Waals surface area contributed by atoms with Crippen molar-refractivity contribution in [3.05, 3.63) is 32.7 Å². The van der Waals surface area contributed by atoms with Gasteiger partial charge in [-0.1, -0.05) is 39.1 Å². The second-order valence-corrected chi connectivity index (χ2v) is 3.38. The molecule has 1 rings (SSSR count). The molecule has 0 saturated heterocycles. The molecular weight excluding hydrogens is 229 g/mol. The Morgan fingerprint density at radius 3 is 1.78 bits per heavy atom. The molecule has 0 heterocycles. The van der Waals surface area contributed by atoms with Gasteiger partial charge in [-0.15, -0.1) is 0 Å². The normalized spacial score (nSPS) is 9.67. The summed E-state index contributed by atoms with van der Waals surface area (Å²) in [5.41, 5.74) is 0. The van der Waals surface area contributed by atoms with Gasteiger partial charge in [0.15, 0.2) is 0 Å². The Hall–Kier alpha value is 0.280. The van der Waals surface area contributed by atoms with Crippen LogP contribution >= 0.6 is 39.1 Å². The van der Waals surface area contributed by atoms with Crippen LogP contribution in [0.1, 0.15) is 0 Å². The van der Waals surface area contributed by atoms with E-state index in [2.05, 4.69) is 15.9 Å². The van der Waals surface area contributed by atoms with Crippen LogP contribution < -0.4 is 0 Å². The second kappa shape index (κ2) is 2.91. The third kappa shape index (κ3) is 2.17. The van der Waals surface area contributed by atoms with Crippen molar-refractivity contribution in [2.75, 3.05) is 0 Å². The summed E-state index contributed by atoms with van der Waals surface area (Å²) in [4.78, 5) is 0. The number of benzene rings is 1. The molecule has 0 nitrogen and oxygen atoms in total. The topological polar surface area (TPSA) is 0 Å². The Morgan fingerprint density at radius 1 is 1.00 bits per heavy atom. The molecule has 0 N–H and O–H groups in total. The lowest BCUT2D eigenvalue weighted by Crippen LogP contribution is -1.66. The van der Waals surface area contributed by atoms with Crippen molar-refractivity contribution in [2.24, 2.45) is 0 Å². The zero-order valence-corrected chi connectivity index (χ0v) is 7.46. The molecule has 1 aromatic carbocycles. The second-order valence-electron chi connectivity index (χ2n) is 1.59. The molecule has 9 heavy (non-hydrogen) atoms. The van der Waals surface area contributed by atoms with Crippen LogP contribution in [0.2, 0.25) is 10.0 Å². The number of halogens is 3. The van der Waals surface area contributed by atoms with Gasteiger partial charge in [-0.05, 0) is 18.2 Å². The van der Waals surface area contributed by atoms with E-state index >= 15 is 0 Å². The first-order chi connectivity index (χ1) is 4.18. The van der Waals surface area contributed by atoms with Gasteiger partial charge in [-0.2, -0.15) is 0 Å². The minimum Gasteiger partial charge on any atom is -0.0842 e. The minimum absolute atomic E-state index is 0.648. The van der Waals surface area contributed by atoms with E-state index in [0.29, 0.717) is 10.0 Å². The van der Waals surface area contributed by atoms with Crippen LogP contribution in [0.4, 0.5) is 0 Å². The molecule has 0 spiro atoms. The molecule has 0 unspecified atom stereocenters. The summed E-state index contributed by atoms with van der Waals surface area (Å²) in [6.07, 6.45) is 0. The lowest BCUT2D eigenvalue weighted by atomic mass is 11.4. The Bertz CT molecular complexity index is 172. The SMILES string of the molecule is Cl[13c]1[13cH][13c](Cl)[13cH][13c](Br)[13cH]1. The maximum Gasteiger partial charge on any atom is 0.0432 e. The van der Waals surface area contributed by atoms with Gasteiger partial charge in [-0.25, -0.2) is 0 Å². The fourth-order valence-corrected chi connectivity index (χ4v) is 1.80. The summed E-state index contributed by atoms with van der Waals surface area (Å²) < 4.78 is 0.903. The summed E-state index contributed by atoms with van der Waals surface area (Å²) in [5, 5.41) is 1.30. The van der Waals surface area contributed by atoms with Crippen LogP contribution in [-0.2, 0) is 0 Å². The van der Waals surface area contributed by atoms with E-state index in [1.807, 2.05) is 0 Å². The summed E-state index contributed by atoms with van der Waals surface area (Å²) in [5.74, 6) is 0. The van der Waals surface area contributed by atoms with Crippen LogP contribution in [0.3, 0.4) is 0 Å². The molecule has 0 saturated carbocycles. The van der Waals surface area contributed by atoms with Gasteiger partial charge in [0.05, 0.1) is 0 Å². The molecule has 0 radical (unpaired) electrons. The highest BCUT2D eigenvalue weighted by Gasteiger charge is 1.92. The van der Waals surface area contributed by atoms with Gasteiger partial charge in [0.1, 0.15) is 0 Å². The molecule has 0 aliphatic carbocycles. The van der Waals surface area contributed by atoms with Gasteiger partial charge in [0.2, 0.25) is 0 Å². The van der Waals surface area contributed by atoms with Crippen molar-refractivity contribution in [1.29, 1.82) is 0 Å². The maximum atomic E-state index is 5.64. The van der Waals surface area contributed by atoms with Crippen molar-refractivity contribution in [3.8, 4) is 0 Å². The predicted molar refractivity (Wildman–Crippen MR) is 44.2 cm³/mol. The van der Waals surface area contributed by atoms with Gasteiger partial charge >= 0.3 is 0 Å². The molecule has 0 bridgehead atoms. The van der Waals surface area contributed by atoms with E-state index in [1.54, 1.807) is 18.2 Å². The standard InChI is InChI=1S/C6H3BrCl2/c7-4-1-5(8)3-6(9)2-4/h1-3H/i1+1,2+1,3+1,4+1,5+1,6+1. The van der Waals surface area contributed by atoms with Crippen LogP contribution in [0.15, 0.2) is 22.7 Å². The van der Waals surface area contributed by atoms with Crippen molar-refractivity contribution < 1.29 is 0 Å². The van der Waals surface area contributed by atoms with Crippen molar-refractivity contribution in [2.45, 2.75) is 0 Å². The molecule has 0 amide bonds. The zero-order valence-electron chi connectivity index (χ0n) is 4.37. The predicted octanol–water partition coefficient (Wildman–Crippen LogP) is 3.76. The average Bonchev–Trinajstić information content (AvgIpc) is 1.59. The molecule has 1 aromatic rings. The highest BCUT2D eigenvalue weighted by atomic mass is 79.9. The fraction of sp³-hybridized carbons (Fsp3) is 0. The van der Waals surface area contributed by atoms with Crippen LogP contribution in [0.25, 0.3) is 0 Å². The first-order valence-electron chi connectivity index (χ1n) is 2.30. The molecule has 0 aromatic heterocycles. The van der Waals surface area contributed by atoms with Gasteiger partial charge in [-0.3, -0.25) is 0 Å². The quantitative estimate of drug-likeness (QED) is 0.638. The summed E-state index contributed by atoms with van der Waals surface area (Å²) in [6.45, 7) is 0. The van der Waals surface area contributed by atoms with E-state index in [0.717, 1.165) is 4.47 Å². The molecule has 0 aliphatic rings. The maximum absolute atomic E-state index is 5.64. The van der Waals surface area contributed by atoms with Crippen molar-refractivity contribution in [3.63, 3.8) is 0 Å². The Kier molecular flexibility index (Phi) is 2.39. The third-order valence-electron chi connectivity index (χ3n) is 0.827. The molecular formula is C6H3BrCl2. The third-order valence-corrected chi connectivity index (χ3v) is 1.72. The molecule has 3 heteroatoms. The summed E-state index contributed by atoms with van der Waals surface area (Å²) in [7, 11) is 0. The van der Waals surface area contributed by atoms with Crippen molar-refractivity contribution >= 4 is 39.1 Å². The molecule has 0 fully saturated rings. The largest absolute Gasteiger partial charge is 0.0842 e. The zero-order chi connectivity index (χ0) is 6.85. The fourth-order valence-electron chi connectivity index (χ4n) is 0.520.